The van der Waals surface area contributed by atoms with E-state index in [1.807, 2.05) is 6.08 Å². The van der Waals surface area contributed by atoms with Crippen LogP contribution in [0.15, 0.2) is 24.3 Å². The molecule has 6 nitrogen and oxygen atoms in total. The maximum absolute atomic E-state index is 12.7. The second-order valence-electron chi connectivity index (χ2n) is 12.3. The van der Waals surface area contributed by atoms with Crippen molar-refractivity contribution in [1.29, 1.82) is 0 Å². The molecule has 1 heterocycles. The van der Waals surface area contributed by atoms with Crippen LogP contribution in [0.4, 0.5) is 0 Å². The number of ether oxygens (including phenoxy) is 2. The van der Waals surface area contributed by atoms with E-state index < -0.39 is 34.8 Å². The second kappa shape index (κ2) is 11.7. The summed E-state index contributed by atoms with van der Waals surface area (Å²) in [6, 6.07) is 0. The highest BCUT2D eigenvalue weighted by molar-refractivity contribution is 6.74. The van der Waals surface area contributed by atoms with Crippen LogP contribution in [0.5, 0.6) is 0 Å². The van der Waals surface area contributed by atoms with E-state index in [-0.39, 0.29) is 34.7 Å². The van der Waals surface area contributed by atoms with Gasteiger partial charge in [-0.2, -0.15) is 0 Å². The van der Waals surface area contributed by atoms with Crippen molar-refractivity contribution in [1.82, 2.24) is 0 Å². The monoisotopic (exact) mass is 512 g/mol. The molecule has 0 aromatic heterocycles. The Kier molecular flexibility index (Phi) is 10.6. The average Bonchev–Trinajstić information content (AvgIpc) is 2.64. The lowest BCUT2D eigenvalue weighted by Crippen LogP contribution is -2.51. The van der Waals surface area contributed by atoms with Crippen LogP contribution in [0.1, 0.15) is 68.2 Å². The number of carbonyl (C=O) groups is 2. The maximum atomic E-state index is 12.7. The zero-order valence-corrected chi connectivity index (χ0v) is 25.5. The van der Waals surface area contributed by atoms with Crippen LogP contribution in [0.3, 0.4) is 0 Å². The molecule has 0 fully saturated rings. The molecule has 8 heteroatoms. The van der Waals surface area contributed by atoms with E-state index in [0.717, 1.165) is 0 Å². The predicted octanol–water partition coefficient (Wildman–Crippen LogP) is 6.54. The smallest absolute Gasteiger partial charge is 0.331 e. The Morgan fingerprint density at radius 2 is 1.47 bits per heavy atom. The van der Waals surface area contributed by atoms with Crippen molar-refractivity contribution in [2.24, 2.45) is 0 Å². The van der Waals surface area contributed by atoms with Gasteiger partial charge in [0.05, 0.1) is 12.2 Å². The van der Waals surface area contributed by atoms with E-state index in [0.29, 0.717) is 6.42 Å². The predicted molar refractivity (Wildman–Crippen MR) is 143 cm³/mol. The quantitative estimate of drug-likeness (QED) is 0.174. The summed E-state index contributed by atoms with van der Waals surface area (Å²) >= 11 is 0. The summed E-state index contributed by atoms with van der Waals surface area (Å²) < 4.78 is 24.9. The lowest BCUT2D eigenvalue weighted by molar-refractivity contribution is -0.161. The molecule has 4 atom stereocenters. The van der Waals surface area contributed by atoms with Crippen LogP contribution in [-0.2, 0) is 27.9 Å². The molecule has 0 N–H and O–H groups in total. The molecule has 0 saturated carbocycles. The Balaban J connectivity index is 3.48. The molecule has 0 radical (unpaired) electrons. The van der Waals surface area contributed by atoms with Gasteiger partial charge in [0, 0.05) is 12.5 Å². The Morgan fingerprint density at radius 3 is 1.97 bits per heavy atom. The van der Waals surface area contributed by atoms with Crippen LogP contribution in [0.2, 0.25) is 36.3 Å². The van der Waals surface area contributed by atoms with E-state index in [9.17, 15) is 9.59 Å². The summed E-state index contributed by atoms with van der Waals surface area (Å²) in [7, 11) is -4.33. The molecular weight excluding hydrogens is 464 g/mol. The standard InChI is InChI=1S/C26H48O6Si2/c1-13-14-23(27)30-20-15-16-21(31-33(9,10)25(3,4)5)22(17-18-24(28)29-19(20)2)32-34(11,12)26(6,7)8/h13-16,19-22H,17-18H2,1-12H3/b14-13+,16-15+/t19-,20+,21-,22+/m1/s1. The first-order valence-corrected chi connectivity index (χ1v) is 18.2. The number of cyclic esters (lactones) is 1. The number of allylic oxidation sites excluding steroid dienone is 1. The van der Waals surface area contributed by atoms with Crippen LogP contribution in [0, 0.1) is 0 Å². The highest BCUT2D eigenvalue weighted by Crippen LogP contribution is 2.41. The molecule has 0 spiro atoms. The average molecular weight is 513 g/mol. The minimum absolute atomic E-state index is 0.00168. The summed E-state index contributed by atoms with van der Waals surface area (Å²) in [5.74, 6) is -0.808. The van der Waals surface area contributed by atoms with E-state index in [1.165, 1.54) is 6.08 Å². The molecule has 34 heavy (non-hydrogen) atoms. The zero-order valence-electron chi connectivity index (χ0n) is 23.5. The van der Waals surface area contributed by atoms with E-state index >= 15 is 0 Å². The van der Waals surface area contributed by atoms with Gasteiger partial charge in [-0.1, -0.05) is 53.7 Å². The fourth-order valence-electron chi connectivity index (χ4n) is 3.02. The lowest BCUT2D eigenvalue weighted by atomic mass is 10.1. The maximum Gasteiger partial charge on any atom is 0.331 e. The van der Waals surface area contributed by atoms with Gasteiger partial charge < -0.3 is 18.3 Å². The van der Waals surface area contributed by atoms with Gasteiger partial charge in [-0.3, -0.25) is 4.79 Å². The summed E-state index contributed by atoms with van der Waals surface area (Å²) in [6.45, 7) is 25.5. The number of rotatable bonds is 6. The first kappa shape index (κ1) is 30.8. The summed E-state index contributed by atoms with van der Waals surface area (Å²) in [5.41, 5.74) is 0. The summed E-state index contributed by atoms with van der Waals surface area (Å²) in [6.07, 6.45) is 5.45. The van der Waals surface area contributed by atoms with Crippen LogP contribution in [-0.4, -0.2) is 53.0 Å². The number of hydrogen-bond acceptors (Lipinski definition) is 6. The van der Waals surface area contributed by atoms with Gasteiger partial charge in [0.2, 0.25) is 0 Å². The molecule has 0 saturated heterocycles. The number of esters is 2. The summed E-state index contributed by atoms with van der Waals surface area (Å²) in [4.78, 5) is 24.8. The van der Waals surface area contributed by atoms with Crippen molar-refractivity contribution < 1.29 is 27.9 Å². The molecule has 1 aliphatic heterocycles. The third-order valence-corrected chi connectivity index (χ3v) is 16.3. The van der Waals surface area contributed by atoms with Gasteiger partial charge in [-0.15, -0.1) is 0 Å². The fourth-order valence-corrected chi connectivity index (χ4v) is 5.64. The lowest BCUT2D eigenvalue weighted by Gasteiger charge is -2.44. The van der Waals surface area contributed by atoms with Crippen molar-refractivity contribution in [3.63, 3.8) is 0 Å². The normalized spacial score (nSPS) is 26.8. The minimum atomic E-state index is -2.17. The van der Waals surface area contributed by atoms with Crippen molar-refractivity contribution in [3.05, 3.63) is 24.3 Å². The Morgan fingerprint density at radius 1 is 0.971 bits per heavy atom. The first-order valence-electron chi connectivity index (χ1n) is 12.4. The highest BCUT2D eigenvalue weighted by atomic mass is 28.4. The SMILES string of the molecule is C/C=C/C(=O)O[C@H]1/C=C/[C@@H](O[Si](C)(C)C(C)(C)C)[C@@H](O[Si](C)(C)C(C)(C)C)CCC(=O)O[C@@H]1C. The van der Waals surface area contributed by atoms with Crippen LogP contribution < -0.4 is 0 Å². The topological polar surface area (TPSA) is 71.1 Å². The molecule has 0 unspecified atom stereocenters. The van der Waals surface area contributed by atoms with Crippen molar-refractivity contribution in [3.8, 4) is 0 Å². The van der Waals surface area contributed by atoms with Gasteiger partial charge in [0.1, 0.15) is 6.10 Å². The zero-order chi connectivity index (χ0) is 26.5. The molecule has 1 aliphatic rings. The van der Waals surface area contributed by atoms with Crippen molar-refractivity contribution in [2.45, 2.75) is 129 Å². The van der Waals surface area contributed by atoms with Gasteiger partial charge >= 0.3 is 11.9 Å². The van der Waals surface area contributed by atoms with E-state index in [1.54, 1.807) is 26.0 Å². The van der Waals surface area contributed by atoms with E-state index in [4.69, 9.17) is 18.3 Å². The molecule has 0 aromatic carbocycles. The largest absolute Gasteiger partial charge is 0.458 e. The van der Waals surface area contributed by atoms with Gasteiger partial charge in [-0.05, 0) is 62.6 Å². The number of carbonyl (C=O) groups excluding carboxylic acids is 2. The first-order chi connectivity index (χ1) is 15.3. The van der Waals surface area contributed by atoms with Crippen LogP contribution >= 0.6 is 0 Å². The Bertz CT molecular complexity index is 758. The third-order valence-electron chi connectivity index (χ3n) is 7.31. The number of hydrogen-bond donors (Lipinski definition) is 0. The highest BCUT2D eigenvalue weighted by Gasteiger charge is 2.44. The van der Waals surface area contributed by atoms with Crippen molar-refractivity contribution >= 4 is 28.6 Å². The minimum Gasteiger partial charge on any atom is -0.458 e. The molecule has 196 valence electrons. The van der Waals surface area contributed by atoms with E-state index in [2.05, 4.69) is 67.7 Å². The fraction of sp³-hybridized carbons (Fsp3) is 0.769. The van der Waals surface area contributed by atoms with Gasteiger partial charge in [-0.25, -0.2) is 4.79 Å². The Labute approximate surface area is 209 Å². The molecule has 1 rings (SSSR count). The van der Waals surface area contributed by atoms with Gasteiger partial charge in [0.25, 0.3) is 0 Å². The molecule has 0 bridgehead atoms. The van der Waals surface area contributed by atoms with Gasteiger partial charge in [0.15, 0.2) is 22.7 Å². The molecule has 0 amide bonds. The van der Waals surface area contributed by atoms with Crippen LogP contribution in [0.25, 0.3) is 0 Å². The van der Waals surface area contributed by atoms with Crippen molar-refractivity contribution in [2.75, 3.05) is 0 Å². The molecular formula is C26H48O6Si2. The molecule has 0 aromatic rings. The summed E-state index contributed by atoms with van der Waals surface area (Å²) in [5, 5.41) is 0.00875. The Hall–Kier alpha value is -1.23. The second-order valence-corrected chi connectivity index (χ2v) is 21.8. The third kappa shape index (κ3) is 8.77. The molecule has 0 aliphatic carbocycles.